The summed E-state index contributed by atoms with van der Waals surface area (Å²) in [4.78, 5) is 15.7. The molecule has 0 saturated carbocycles. The molecule has 3 aromatic rings. The van der Waals surface area contributed by atoms with Gasteiger partial charge >= 0.3 is 0 Å². The Morgan fingerprint density at radius 2 is 1.59 bits per heavy atom. The van der Waals surface area contributed by atoms with Gasteiger partial charge in [0.2, 0.25) is 0 Å². The number of hydrazine groups is 1. The molecule has 0 amide bonds. The summed E-state index contributed by atoms with van der Waals surface area (Å²) < 4.78 is 0. The summed E-state index contributed by atoms with van der Waals surface area (Å²) >= 11 is 0. The lowest BCUT2D eigenvalue weighted by molar-refractivity contribution is -0.483. The molecule has 0 aliphatic carbocycles. The third-order valence-corrected chi connectivity index (χ3v) is 3.22. The molecular formula is C17H13N3O2. The molecule has 0 aliphatic heterocycles. The molecule has 3 rings (SSSR count). The number of benzene rings is 2. The Labute approximate surface area is 127 Å². The van der Waals surface area contributed by atoms with Crippen LogP contribution in [0.15, 0.2) is 79.0 Å². The zero-order chi connectivity index (χ0) is 15.4. The number of rotatable bonds is 4. The average Bonchev–Trinajstić information content (AvgIpc) is 2.57. The number of pyridine rings is 1. The fourth-order valence-corrected chi connectivity index (χ4v) is 2.24. The SMILES string of the molecule is O=[N+]([O-])N(c1ccccc1)c1cccc(-c2ccccn2)c1. The van der Waals surface area contributed by atoms with E-state index in [2.05, 4.69) is 4.98 Å². The Morgan fingerprint density at radius 1 is 0.864 bits per heavy atom. The first-order chi connectivity index (χ1) is 10.8. The first kappa shape index (κ1) is 13.8. The molecule has 1 heterocycles. The van der Waals surface area contributed by atoms with Crippen LogP contribution in [0.1, 0.15) is 0 Å². The van der Waals surface area contributed by atoms with Crippen LogP contribution < -0.4 is 5.01 Å². The van der Waals surface area contributed by atoms with Gasteiger partial charge in [0.1, 0.15) is 11.4 Å². The zero-order valence-corrected chi connectivity index (χ0v) is 11.7. The third kappa shape index (κ3) is 2.78. The van der Waals surface area contributed by atoms with Gasteiger partial charge in [-0.25, -0.2) is 10.1 Å². The van der Waals surface area contributed by atoms with E-state index in [0.29, 0.717) is 11.4 Å². The molecule has 0 aliphatic rings. The summed E-state index contributed by atoms with van der Waals surface area (Å²) in [5.41, 5.74) is 2.60. The van der Waals surface area contributed by atoms with Gasteiger partial charge in [0, 0.05) is 11.8 Å². The maximum Gasteiger partial charge on any atom is 0.170 e. The Kier molecular flexibility index (Phi) is 3.78. The van der Waals surface area contributed by atoms with E-state index in [4.69, 9.17) is 0 Å². The second-order valence-corrected chi connectivity index (χ2v) is 4.65. The van der Waals surface area contributed by atoms with Crippen molar-refractivity contribution in [2.45, 2.75) is 0 Å². The standard InChI is InChI=1S/C17H13N3O2/c21-20(22)19(15-8-2-1-3-9-15)16-10-6-7-14(13-16)17-11-4-5-12-18-17/h1-13H. The molecule has 22 heavy (non-hydrogen) atoms. The second kappa shape index (κ2) is 6.05. The van der Waals surface area contributed by atoms with Crippen LogP contribution in [0.5, 0.6) is 0 Å². The smallest absolute Gasteiger partial charge is 0.170 e. The highest BCUT2D eigenvalue weighted by atomic mass is 16.7. The molecule has 5 nitrogen and oxygen atoms in total. The van der Waals surface area contributed by atoms with Crippen molar-refractivity contribution in [2.24, 2.45) is 0 Å². The highest BCUT2D eigenvalue weighted by Crippen LogP contribution is 2.28. The normalized spacial score (nSPS) is 10.2. The maximum atomic E-state index is 11.5. The number of nitrogens with zero attached hydrogens (tertiary/aromatic N) is 3. The van der Waals surface area contributed by atoms with Gasteiger partial charge < -0.3 is 0 Å². The van der Waals surface area contributed by atoms with Crippen molar-refractivity contribution in [3.05, 3.63) is 89.1 Å². The third-order valence-electron chi connectivity index (χ3n) is 3.22. The van der Waals surface area contributed by atoms with E-state index in [1.807, 2.05) is 30.3 Å². The van der Waals surface area contributed by atoms with Gasteiger partial charge in [-0.1, -0.05) is 41.4 Å². The largest absolute Gasteiger partial charge is 0.256 e. The van der Waals surface area contributed by atoms with E-state index in [0.717, 1.165) is 16.3 Å². The number of aromatic nitrogens is 1. The molecule has 108 valence electrons. The van der Waals surface area contributed by atoms with E-state index < -0.39 is 5.03 Å². The Balaban J connectivity index is 2.05. The molecular weight excluding hydrogens is 278 g/mol. The van der Waals surface area contributed by atoms with Crippen LogP contribution >= 0.6 is 0 Å². The van der Waals surface area contributed by atoms with Crippen LogP contribution in [0.25, 0.3) is 11.3 Å². The molecule has 0 spiro atoms. The van der Waals surface area contributed by atoms with Crippen LogP contribution in [0.2, 0.25) is 0 Å². The zero-order valence-electron chi connectivity index (χ0n) is 11.7. The molecule has 0 N–H and O–H groups in total. The van der Waals surface area contributed by atoms with Crippen molar-refractivity contribution in [3.8, 4) is 11.3 Å². The van der Waals surface area contributed by atoms with Gasteiger partial charge in [-0.2, -0.15) is 0 Å². The molecule has 0 radical (unpaired) electrons. The second-order valence-electron chi connectivity index (χ2n) is 4.65. The quantitative estimate of drug-likeness (QED) is 0.537. The number of nitro groups is 1. The van der Waals surface area contributed by atoms with Crippen molar-refractivity contribution < 1.29 is 5.03 Å². The molecule has 1 aromatic heterocycles. The minimum atomic E-state index is -0.424. The van der Waals surface area contributed by atoms with Crippen molar-refractivity contribution in [3.63, 3.8) is 0 Å². The van der Waals surface area contributed by atoms with E-state index in [-0.39, 0.29) is 0 Å². The number of hydrogen-bond acceptors (Lipinski definition) is 3. The summed E-state index contributed by atoms with van der Waals surface area (Å²) in [5, 5.41) is 12.1. The minimum Gasteiger partial charge on any atom is -0.256 e. The van der Waals surface area contributed by atoms with Crippen molar-refractivity contribution in [1.29, 1.82) is 0 Å². The fourth-order valence-electron chi connectivity index (χ4n) is 2.24. The summed E-state index contributed by atoms with van der Waals surface area (Å²) in [6, 6.07) is 21.5. The van der Waals surface area contributed by atoms with Crippen LogP contribution in [-0.4, -0.2) is 10.0 Å². The van der Waals surface area contributed by atoms with E-state index in [9.17, 15) is 10.1 Å². The van der Waals surface area contributed by atoms with Crippen LogP contribution in [0, 0.1) is 10.1 Å². The molecule has 5 heteroatoms. The van der Waals surface area contributed by atoms with Gasteiger partial charge in [-0.15, -0.1) is 0 Å². The van der Waals surface area contributed by atoms with Gasteiger partial charge in [0.05, 0.1) is 5.69 Å². The van der Waals surface area contributed by atoms with Gasteiger partial charge in [-0.3, -0.25) is 4.98 Å². The molecule has 2 aromatic carbocycles. The molecule has 0 unspecified atom stereocenters. The van der Waals surface area contributed by atoms with Crippen LogP contribution in [0.4, 0.5) is 11.4 Å². The first-order valence-electron chi connectivity index (χ1n) is 6.76. The van der Waals surface area contributed by atoms with Crippen LogP contribution in [0.3, 0.4) is 0 Å². The molecule has 0 bridgehead atoms. The summed E-state index contributed by atoms with van der Waals surface area (Å²) in [5.74, 6) is 0. The topological polar surface area (TPSA) is 59.3 Å². The van der Waals surface area contributed by atoms with Gasteiger partial charge in [0.25, 0.3) is 0 Å². The Bertz CT molecular complexity index is 776. The fraction of sp³-hybridized carbons (Fsp3) is 0. The molecule has 0 fully saturated rings. The predicted molar refractivity (Wildman–Crippen MR) is 85.2 cm³/mol. The van der Waals surface area contributed by atoms with E-state index in [1.54, 1.807) is 48.7 Å². The van der Waals surface area contributed by atoms with E-state index >= 15 is 0 Å². The lowest BCUT2D eigenvalue weighted by Gasteiger charge is -2.14. The lowest BCUT2D eigenvalue weighted by Crippen LogP contribution is -2.24. The summed E-state index contributed by atoms with van der Waals surface area (Å²) in [6.45, 7) is 0. The van der Waals surface area contributed by atoms with Crippen molar-refractivity contribution >= 4 is 11.4 Å². The Hall–Kier alpha value is -3.21. The maximum absolute atomic E-state index is 11.5. The van der Waals surface area contributed by atoms with E-state index in [1.165, 1.54) is 0 Å². The van der Waals surface area contributed by atoms with Crippen molar-refractivity contribution in [2.75, 3.05) is 5.01 Å². The molecule has 0 saturated heterocycles. The Morgan fingerprint density at radius 3 is 2.27 bits per heavy atom. The molecule has 0 atom stereocenters. The lowest BCUT2D eigenvalue weighted by atomic mass is 10.1. The van der Waals surface area contributed by atoms with Gasteiger partial charge in [-0.05, 0) is 36.4 Å². The highest BCUT2D eigenvalue weighted by molar-refractivity contribution is 5.68. The number of hydrogen-bond donors (Lipinski definition) is 0. The predicted octanol–water partition coefficient (Wildman–Crippen LogP) is 4.08. The van der Waals surface area contributed by atoms with Crippen molar-refractivity contribution in [1.82, 2.24) is 4.98 Å². The number of para-hydroxylation sites is 1. The minimum absolute atomic E-state index is 0.424. The first-order valence-corrected chi connectivity index (χ1v) is 6.76. The monoisotopic (exact) mass is 291 g/mol. The van der Waals surface area contributed by atoms with Crippen LogP contribution in [-0.2, 0) is 0 Å². The summed E-state index contributed by atoms with van der Waals surface area (Å²) in [6.07, 6.45) is 1.70. The number of anilines is 2. The average molecular weight is 291 g/mol. The van der Waals surface area contributed by atoms with Gasteiger partial charge in [0.15, 0.2) is 5.03 Å². The summed E-state index contributed by atoms with van der Waals surface area (Å²) in [7, 11) is 0. The highest BCUT2D eigenvalue weighted by Gasteiger charge is 2.20.